The first-order valence-corrected chi connectivity index (χ1v) is 4.04. The first kappa shape index (κ1) is 8.55. The molecular formula is C9H8N2O3. The highest BCUT2D eigenvalue weighted by molar-refractivity contribution is 5.68. The molecular weight excluding hydrogens is 184 g/mol. The Morgan fingerprint density at radius 3 is 3.21 bits per heavy atom. The fourth-order valence-corrected chi connectivity index (χ4v) is 1.17. The van der Waals surface area contributed by atoms with E-state index in [9.17, 15) is 4.79 Å². The normalized spacial score (nSPS) is 10.3. The van der Waals surface area contributed by atoms with Gasteiger partial charge < -0.3 is 9.84 Å². The van der Waals surface area contributed by atoms with Gasteiger partial charge in [-0.3, -0.25) is 4.40 Å². The summed E-state index contributed by atoms with van der Waals surface area (Å²) in [4.78, 5) is 14.3. The van der Waals surface area contributed by atoms with Crippen LogP contribution in [0.3, 0.4) is 0 Å². The topological polar surface area (TPSA) is 63.8 Å². The van der Waals surface area contributed by atoms with Crippen LogP contribution in [0.25, 0.3) is 5.65 Å². The molecule has 0 amide bonds. The van der Waals surface area contributed by atoms with Crippen LogP contribution in [0.15, 0.2) is 30.6 Å². The minimum absolute atomic E-state index is 0.350. The molecule has 0 bridgehead atoms. The molecule has 2 aromatic rings. The molecule has 0 aliphatic carbocycles. The molecule has 2 heterocycles. The van der Waals surface area contributed by atoms with Crippen molar-refractivity contribution >= 4 is 11.6 Å². The van der Waals surface area contributed by atoms with Crippen LogP contribution in [0.1, 0.15) is 0 Å². The standard InChI is InChI=1S/C9H8N2O3/c12-9(13)6-14-8-3-1-2-7-10-4-5-11(7)8/h1-5H,6H2,(H,12,13). The Morgan fingerprint density at radius 1 is 1.57 bits per heavy atom. The van der Waals surface area contributed by atoms with Crippen molar-refractivity contribution in [3.05, 3.63) is 30.6 Å². The number of ether oxygens (including phenoxy) is 1. The van der Waals surface area contributed by atoms with Crippen LogP contribution in [0.5, 0.6) is 5.88 Å². The Balaban J connectivity index is 2.32. The average Bonchev–Trinajstić information content (AvgIpc) is 2.62. The summed E-state index contributed by atoms with van der Waals surface area (Å²) in [5, 5.41) is 8.45. The molecule has 0 aliphatic heterocycles. The Morgan fingerprint density at radius 2 is 2.43 bits per heavy atom. The summed E-state index contributed by atoms with van der Waals surface area (Å²) in [6.07, 6.45) is 3.34. The second kappa shape index (κ2) is 3.37. The van der Waals surface area contributed by atoms with E-state index in [0.29, 0.717) is 5.88 Å². The van der Waals surface area contributed by atoms with E-state index in [0.717, 1.165) is 5.65 Å². The van der Waals surface area contributed by atoms with Crippen molar-refractivity contribution in [2.45, 2.75) is 0 Å². The van der Waals surface area contributed by atoms with Gasteiger partial charge in [-0.2, -0.15) is 0 Å². The van der Waals surface area contributed by atoms with Crippen LogP contribution in [0.2, 0.25) is 0 Å². The third-order valence-corrected chi connectivity index (χ3v) is 1.73. The van der Waals surface area contributed by atoms with Crippen molar-refractivity contribution in [2.24, 2.45) is 0 Å². The van der Waals surface area contributed by atoms with Gasteiger partial charge in [0.15, 0.2) is 12.5 Å². The summed E-state index contributed by atoms with van der Waals surface area (Å²) in [6, 6.07) is 5.27. The van der Waals surface area contributed by atoms with Crippen LogP contribution in [-0.4, -0.2) is 27.1 Å². The second-order valence-electron chi connectivity index (χ2n) is 2.70. The Hall–Kier alpha value is -2.04. The van der Waals surface area contributed by atoms with Crippen molar-refractivity contribution in [1.82, 2.24) is 9.38 Å². The van der Waals surface area contributed by atoms with E-state index < -0.39 is 5.97 Å². The fraction of sp³-hybridized carbons (Fsp3) is 0.111. The summed E-state index contributed by atoms with van der Waals surface area (Å²) < 4.78 is 6.75. The molecule has 0 aliphatic rings. The van der Waals surface area contributed by atoms with E-state index in [2.05, 4.69) is 4.98 Å². The molecule has 2 aromatic heterocycles. The highest BCUT2D eigenvalue weighted by atomic mass is 16.5. The SMILES string of the molecule is O=C(O)COc1cccc2nccn12. The Labute approximate surface area is 79.6 Å². The van der Waals surface area contributed by atoms with E-state index in [1.54, 1.807) is 28.9 Å². The number of imidazole rings is 1. The molecule has 0 radical (unpaired) electrons. The van der Waals surface area contributed by atoms with E-state index in [1.165, 1.54) is 0 Å². The lowest BCUT2D eigenvalue weighted by Crippen LogP contribution is -2.11. The predicted molar refractivity (Wildman–Crippen MR) is 48.3 cm³/mol. The highest BCUT2D eigenvalue weighted by Crippen LogP contribution is 2.12. The monoisotopic (exact) mass is 192 g/mol. The van der Waals surface area contributed by atoms with Crippen LogP contribution >= 0.6 is 0 Å². The Kier molecular flexibility index (Phi) is 2.06. The van der Waals surface area contributed by atoms with Gasteiger partial charge in [-0.15, -0.1) is 0 Å². The van der Waals surface area contributed by atoms with Crippen LogP contribution in [-0.2, 0) is 4.79 Å². The number of carboxylic acid groups (broad SMARTS) is 1. The quantitative estimate of drug-likeness (QED) is 0.781. The summed E-state index contributed by atoms with van der Waals surface area (Å²) in [6.45, 7) is -0.350. The molecule has 14 heavy (non-hydrogen) atoms. The molecule has 0 fully saturated rings. The molecule has 0 saturated carbocycles. The van der Waals surface area contributed by atoms with Gasteiger partial charge in [0.2, 0.25) is 0 Å². The van der Waals surface area contributed by atoms with Gasteiger partial charge in [-0.1, -0.05) is 6.07 Å². The fourth-order valence-electron chi connectivity index (χ4n) is 1.17. The largest absolute Gasteiger partial charge is 0.479 e. The second-order valence-corrected chi connectivity index (χ2v) is 2.70. The zero-order valence-electron chi connectivity index (χ0n) is 7.25. The van der Waals surface area contributed by atoms with Crippen molar-refractivity contribution in [3.63, 3.8) is 0 Å². The minimum atomic E-state index is -0.998. The number of aliphatic carboxylic acids is 1. The lowest BCUT2D eigenvalue weighted by Gasteiger charge is -2.04. The number of nitrogens with zero attached hydrogens (tertiary/aromatic N) is 2. The summed E-state index contributed by atoms with van der Waals surface area (Å²) in [5.41, 5.74) is 0.730. The Bertz CT molecular complexity index is 464. The van der Waals surface area contributed by atoms with Gasteiger partial charge in [0.25, 0.3) is 0 Å². The molecule has 1 N–H and O–H groups in total. The third-order valence-electron chi connectivity index (χ3n) is 1.73. The molecule has 5 nitrogen and oxygen atoms in total. The van der Waals surface area contributed by atoms with Crippen LogP contribution in [0.4, 0.5) is 0 Å². The van der Waals surface area contributed by atoms with E-state index in [-0.39, 0.29) is 6.61 Å². The maximum atomic E-state index is 10.3. The molecule has 0 aromatic carbocycles. The lowest BCUT2D eigenvalue weighted by atomic mass is 10.4. The zero-order chi connectivity index (χ0) is 9.97. The first-order valence-electron chi connectivity index (χ1n) is 4.04. The van der Waals surface area contributed by atoms with Gasteiger partial charge in [0.1, 0.15) is 5.65 Å². The minimum Gasteiger partial charge on any atom is -0.479 e. The number of pyridine rings is 1. The third kappa shape index (κ3) is 1.52. The van der Waals surface area contributed by atoms with Gasteiger partial charge in [0, 0.05) is 12.4 Å². The maximum Gasteiger partial charge on any atom is 0.341 e. The summed E-state index contributed by atoms with van der Waals surface area (Å²) >= 11 is 0. The molecule has 0 atom stereocenters. The van der Waals surface area contributed by atoms with Gasteiger partial charge in [-0.25, -0.2) is 9.78 Å². The van der Waals surface area contributed by atoms with Gasteiger partial charge in [0.05, 0.1) is 0 Å². The molecule has 0 spiro atoms. The van der Waals surface area contributed by atoms with E-state index in [1.807, 2.05) is 6.07 Å². The summed E-state index contributed by atoms with van der Waals surface area (Å²) in [7, 11) is 0. The predicted octanol–water partition coefficient (Wildman–Crippen LogP) is 0.798. The van der Waals surface area contributed by atoms with Crippen molar-refractivity contribution in [1.29, 1.82) is 0 Å². The molecule has 0 saturated heterocycles. The first-order chi connectivity index (χ1) is 6.77. The molecule has 72 valence electrons. The van der Waals surface area contributed by atoms with Crippen LogP contribution in [0, 0.1) is 0 Å². The number of aromatic nitrogens is 2. The van der Waals surface area contributed by atoms with Crippen molar-refractivity contribution < 1.29 is 14.6 Å². The molecule has 0 unspecified atom stereocenters. The highest BCUT2D eigenvalue weighted by Gasteiger charge is 2.03. The maximum absolute atomic E-state index is 10.3. The van der Waals surface area contributed by atoms with Gasteiger partial charge in [-0.05, 0) is 12.1 Å². The average molecular weight is 192 g/mol. The van der Waals surface area contributed by atoms with E-state index >= 15 is 0 Å². The molecule has 5 heteroatoms. The van der Waals surface area contributed by atoms with E-state index in [4.69, 9.17) is 9.84 Å². The van der Waals surface area contributed by atoms with Crippen LogP contribution < -0.4 is 4.74 Å². The summed E-state index contributed by atoms with van der Waals surface area (Å²) in [5.74, 6) is -0.524. The van der Waals surface area contributed by atoms with Crippen molar-refractivity contribution in [3.8, 4) is 5.88 Å². The number of fused-ring (bicyclic) bond motifs is 1. The number of hydrogen-bond donors (Lipinski definition) is 1. The van der Waals surface area contributed by atoms with Crippen molar-refractivity contribution in [2.75, 3.05) is 6.61 Å². The zero-order valence-corrected chi connectivity index (χ0v) is 7.25. The molecule has 2 rings (SSSR count). The number of hydrogen-bond acceptors (Lipinski definition) is 3. The number of carboxylic acids is 1. The number of rotatable bonds is 3. The number of carbonyl (C=O) groups is 1. The smallest absolute Gasteiger partial charge is 0.341 e. The lowest BCUT2D eigenvalue weighted by molar-refractivity contribution is -0.139. The van der Waals surface area contributed by atoms with Gasteiger partial charge >= 0.3 is 5.97 Å².